The predicted octanol–water partition coefficient (Wildman–Crippen LogP) is 1.96. The van der Waals surface area contributed by atoms with Crippen LogP contribution in [0.3, 0.4) is 0 Å². The van der Waals surface area contributed by atoms with Crippen LogP contribution in [0.2, 0.25) is 0 Å². The number of carboxylic acids is 1. The maximum absolute atomic E-state index is 12.7. The number of aryl methyl sites for hydroxylation is 1. The highest BCUT2D eigenvalue weighted by Crippen LogP contribution is 2.33. The summed E-state index contributed by atoms with van der Waals surface area (Å²) in [5, 5.41) is 8.60. The summed E-state index contributed by atoms with van der Waals surface area (Å²) >= 11 is 0. The van der Waals surface area contributed by atoms with E-state index in [0.29, 0.717) is 0 Å². The smallest absolute Gasteiger partial charge is 0.309 e. The van der Waals surface area contributed by atoms with Crippen molar-refractivity contribution < 1.29 is 23.4 Å². The molecule has 0 fully saturated rings. The predicted molar refractivity (Wildman–Crippen MR) is 51.8 cm³/mol. The first-order chi connectivity index (χ1) is 7.47. The van der Waals surface area contributed by atoms with Crippen molar-refractivity contribution in [3.63, 3.8) is 0 Å². The van der Waals surface area contributed by atoms with Gasteiger partial charge in [-0.1, -0.05) is 0 Å². The zero-order chi connectivity index (χ0) is 12.3. The van der Waals surface area contributed by atoms with Gasteiger partial charge in [0.15, 0.2) is 0 Å². The van der Waals surface area contributed by atoms with Gasteiger partial charge in [0.2, 0.25) is 0 Å². The van der Waals surface area contributed by atoms with Crippen molar-refractivity contribution in [3.8, 4) is 5.75 Å². The average molecular weight is 231 g/mol. The lowest BCUT2D eigenvalue weighted by atomic mass is 10.1. The summed E-state index contributed by atoms with van der Waals surface area (Å²) in [6.07, 6.45) is -1.93. The van der Waals surface area contributed by atoms with Gasteiger partial charge in [-0.15, -0.1) is 0 Å². The van der Waals surface area contributed by atoms with Crippen LogP contribution in [-0.4, -0.2) is 23.2 Å². The highest BCUT2D eigenvalue weighted by Gasteiger charge is 2.22. The van der Waals surface area contributed by atoms with Crippen molar-refractivity contribution in [2.75, 3.05) is 7.11 Å². The van der Waals surface area contributed by atoms with Gasteiger partial charge in [0.25, 0.3) is 6.43 Å². The lowest BCUT2D eigenvalue weighted by Gasteiger charge is -2.13. The number of rotatable bonds is 4. The molecule has 1 N–H and O–H groups in total. The number of alkyl halides is 2. The molecule has 1 aromatic rings. The SMILES string of the molecule is COc1c(CC(=O)O)ncc(C)c1C(F)F. The molecule has 1 rings (SSSR count). The standard InChI is InChI=1S/C10H11F2NO3/c1-5-4-13-6(3-7(14)15)9(16-2)8(5)10(11)12/h4,10H,3H2,1-2H3,(H,14,15). The minimum absolute atomic E-state index is 0.0101. The van der Waals surface area contributed by atoms with Gasteiger partial charge in [-0.05, 0) is 12.5 Å². The van der Waals surface area contributed by atoms with Crippen LogP contribution < -0.4 is 4.74 Å². The van der Waals surface area contributed by atoms with Gasteiger partial charge < -0.3 is 9.84 Å². The van der Waals surface area contributed by atoms with Crippen LogP contribution in [0.1, 0.15) is 23.2 Å². The molecule has 0 aliphatic carbocycles. The number of ether oxygens (including phenoxy) is 1. The molecule has 6 heteroatoms. The topological polar surface area (TPSA) is 59.4 Å². The average Bonchev–Trinajstić information content (AvgIpc) is 2.18. The molecule has 0 spiro atoms. The Kier molecular flexibility index (Phi) is 3.76. The Hall–Kier alpha value is -1.72. The lowest BCUT2D eigenvalue weighted by Crippen LogP contribution is -2.08. The Balaban J connectivity index is 3.30. The Labute approximate surface area is 90.9 Å². The third kappa shape index (κ3) is 2.44. The molecular formula is C10H11F2NO3. The fourth-order valence-electron chi connectivity index (χ4n) is 1.41. The monoisotopic (exact) mass is 231 g/mol. The van der Waals surface area contributed by atoms with E-state index >= 15 is 0 Å². The molecule has 0 bridgehead atoms. The van der Waals surface area contributed by atoms with Gasteiger partial charge in [-0.3, -0.25) is 9.78 Å². The van der Waals surface area contributed by atoms with E-state index < -0.39 is 18.8 Å². The normalized spacial score (nSPS) is 10.6. The summed E-state index contributed by atoms with van der Waals surface area (Å²) in [4.78, 5) is 14.3. The summed E-state index contributed by atoms with van der Waals surface area (Å²) in [6.45, 7) is 1.47. The van der Waals surface area contributed by atoms with E-state index in [1.165, 1.54) is 20.2 Å². The first-order valence-corrected chi connectivity index (χ1v) is 4.49. The molecule has 16 heavy (non-hydrogen) atoms. The molecule has 0 aromatic carbocycles. The molecule has 1 heterocycles. The van der Waals surface area contributed by atoms with Gasteiger partial charge in [0, 0.05) is 6.20 Å². The van der Waals surface area contributed by atoms with Gasteiger partial charge >= 0.3 is 5.97 Å². The Morgan fingerprint density at radius 1 is 1.62 bits per heavy atom. The Bertz CT molecular complexity index is 407. The Morgan fingerprint density at radius 2 is 2.25 bits per heavy atom. The van der Waals surface area contributed by atoms with Crippen molar-refractivity contribution >= 4 is 5.97 Å². The third-order valence-corrected chi connectivity index (χ3v) is 2.09. The summed E-state index contributed by atoms with van der Waals surface area (Å²) in [6, 6.07) is 0. The van der Waals surface area contributed by atoms with E-state index in [9.17, 15) is 13.6 Å². The van der Waals surface area contributed by atoms with Crippen LogP contribution in [0.25, 0.3) is 0 Å². The maximum atomic E-state index is 12.7. The number of hydrogen-bond acceptors (Lipinski definition) is 3. The number of aliphatic carboxylic acids is 1. The third-order valence-electron chi connectivity index (χ3n) is 2.09. The van der Waals surface area contributed by atoms with Crippen LogP contribution in [-0.2, 0) is 11.2 Å². The van der Waals surface area contributed by atoms with Crippen molar-refractivity contribution in [2.45, 2.75) is 19.8 Å². The van der Waals surface area contributed by atoms with Crippen LogP contribution in [0.4, 0.5) is 8.78 Å². The summed E-state index contributed by atoms with van der Waals surface area (Å²) < 4.78 is 30.3. The summed E-state index contributed by atoms with van der Waals surface area (Å²) in [5.41, 5.74) is -0.00867. The molecule has 88 valence electrons. The van der Waals surface area contributed by atoms with Crippen LogP contribution in [0.5, 0.6) is 5.75 Å². The van der Waals surface area contributed by atoms with Gasteiger partial charge in [0.05, 0.1) is 24.8 Å². The first kappa shape index (κ1) is 12.4. The van der Waals surface area contributed by atoms with Gasteiger partial charge in [-0.2, -0.15) is 0 Å². The van der Waals surface area contributed by atoms with Gasteiger partial charge in [0.1, 0.15) is 5.75 Å². The van der Waals surface area contributed by atoms with Crippen molar-refractivity contribution in [1.82, 2.24) is 4.98 Å². The van der Waals surface area contributed by atoms with Gasteiger partial charge in [-0.25, -0.2) is 8.78 Å². The fourth-order valence-corrected chi connectivity index (χ4v) is 1.41. The quantitative estimate of drug-likeness (QED) is 0.860. The van der Waals surface area contributed by atoms with E-state index in [1.807, 2.05) is 0 Å². The number of carboxylic acid groups (broad SMARTS) is 1. The van der Waals surface area contributed by atoms with E-state index in [0.717, 1.165) is 0 Å². The molecule has 0 saturated carbocycles. The highest BCUT2D eigenvalue weighted by atomic mass is 19.3. The van der Waals surface area contributed by atoms with Crippen molar-refractivity contribution in [2.24, 2.45) is 0 Å². The zero-order valence-electron chi connectivity index (χ0n) is 8.83. The number of nitrogens with zero attached hydrogens (tertiary/aromatic N) is 1. The van der Waals surface area contributed by atoms with Crippen LogP contribution >= 0.6 is 0 Å². The molecule has 1 aromatic heterocycles. The number of halogens is 2. The van der Waals surface area contributed by atoms with E-state index in [-0.39, 0.29) is 22.6 Å². The maximum Gasteiger partial charge on any atom is 0.309 e. The molecule has 0 amide bonds. The molecule has 0 aliphatic rings. The van der Waals surface area contributed by atoms with Crippen molar-refractivity contribution in [3.05, 3.63) is 23.0 Å². The second-order valence-corrected chi connectivity index (χ2v) is 3.21. The molecule has 0 saturated heterocycles. The number of pyridine rings is 1. The second-order valence-electron chi connectivity index (χ2n) is 3.21. The second kappa shape index (κ2) is 4.87. The zero-order valence-corrected chi connectivity index (χ0v) is 8.83. The number of carbonyl (C=O) groups is 1. The molecule has 4 nitrogen and oxygen atoms in total. The minimum Gasteiger partial charge on any atom is -0.494 e. The number of hydrogen-bond donors (Lipinski definition) is 1. The fraction of sp³-hybridized carbons (Fsp3) is 0.400. The minimum atomic E-state index is -2.72. The number of methoxy groups -OCH3 is 1. The van der Waals surface area contributed by atoms with Crippen LogP contribution in [0, 0.1) is 6.92 Å². The van der Waals surface area contributed by atoms with E-state index in [4.69, 9.17) is 9.84 Å². The molecular weight excluding hydrogens is 220 g/mol. The molecule has 0 aliphatic heterocycles. The van der Waals surface area contributed by atoms with E-state index in [2.05, 4.69) is 4.98 Å². The largest absolute Gasteiger partial charge is 0.494 e. The first-order valence-electron chi connectivity index (χ1n) is 4.49. The van der Waals surface area contributed by atoms with Crippen molar-refractivity contribution in [1.29, 1.82) is 0 Å². The lowest BCUT2D eigenvalue weighted by molar-refractivity contribution is -0.136. The summed E-state index contributed by atoms with van der Waals surface area (Å²) in [7, 11) is 1.22. The van der Waals surface area contributed by atoms with Crippen LogP contribution in [0.15, 0.2) is 6.20 Å². The van der Waals surface area contributed by atoms with E-state index in [1.54, 1.807) is 0 Å². The molecule has 0 radical (unpaired) electrons. The number of aromatic nitrogens is 1. The molecule has 0 unspecified atom stereocenters. The summed E-state index contributed by atoms with van der Waals surface area (Å²) in [5.74, 6) is -1.28. The molecule has 0 atom stereocenters. The Morgan fingerprint density at radius 3 is 2.69 bits per heavy atom. The highest BCUT2D eigenvalue weighted by molar-refractivity contribution is 5.71.